The third-order valence-electron chi connectivity index (χ3n) is 2.57. The van der Waals surface area contributed by atoms with Crippen molar-refractivity contribution in [3.05, 3.63) is 39.3 Å². The molecule has 0 unspecified atom stereocenters. The van der Waals surface area contributed by atoms with Gasteiger partial charge in [0.15, 0.2) is 11.0 Å². The molecule has 1 heterocycles. The highest BCUT2D eigenvalue weighted by Gasteiger charge is 2.14. The van der Waals surface area contributed by atoms with E-state index < -0.39 is 0 Å². The first kappa shape index (κ1) is 14.5. The molecule has 9 heteroatoms. The van der Waals surface area contributed by atoms with Crippen molar-refractivity contribution in [3.63, 3.8) is 0 Å². The van der Waals surface area contributed by atoms with Crippen LogP contribution in [0.4, 0.5) is 0 Å². The molecule has 0 saturated carbocycles. The van der Waals surface area contributed by atoms with Gasteiger partial charge in [0.2, 0.25) is 0 Å². The Labute approximate surface area is 123 Å². The van der Waals surface area contributed by atoms with Crippen LogP contribution in [0.3, 0.4) is 0 Å². The van der Waals surface area contributed by atoms with Gasteiger partial charge in [-0.1, -0.05) is 16.8 Å². The first-order valence-electron chi connectivity index (χ1n) is 5.67. The third-order valence-corrected chi connectivity index (χ3v) is 3.87. The number of hydrogen-bond donors (Lipinski definition) is 3. The van der Waals surface area contributed by atoms with Crippen LogP contribution >= 0.6 is 23.4 Å². The average molecular weight is 314 g/mol. The van der Waals surface area contributed by atoms with E-state index in [9.17, 15) is 4.79 Å². The molecule has 0 atom stereocenters. The summed E-state index contributed by atoms with van der Waals surface area (Å²) in [5.74, 6) is -0.0593. The third kappa shape index (κ3) is 2.81. The summed E-state index contributed by atoms with van der Waals surface area (Å²) in [5, 5.41) is 19.1. The molecule has 7 nitrogen and oxygen atoms in total. The molecule has 0 fully saturated rings. The predicted molar refractivity (Wildman–Crippen MR) is 76.6 cm³/mol. The number of aromatic nitrogens is 3. The molecule has 2 rings (SSSR count). The van der Waals surface area contributed by atoms with E-state index in [0.29, 0.717) is 27.2 Å². The zero-order valence-electron chi connectivity index (χ0n) is 10.5. The number of amidine groups is 1. The minimum atomic E-state index is -0.283. The highest BCUT2D eigenvalue weighted by molar-refractivity contribution is 7.99. The van der Waals surface area contributed by atoms with E-state index in [2.05, 4.69) is 15.4 Å². The quantitative estimate of drug-likeness (QED) is 0.343. The number of hydrogen-bond acceptors (Lipinski definition) is 5. The molecule has 0 radical (unpaired) electrons. The minimum absolute atomic E-state index is 0.0593. The number of halogens is 1. The van der Waals surface area contributed by atoms with Gasteiger partial charge in [0.1, 0.15) is 0 Å². The van der Waals surface area contributed by atoms with Crippen molar-refractivity contribution in [2.24, 2.45) is 10.9 Å². The second-order valence-corrected chi connectivity index (χ2v) is 5.23. The molecule has 0 aliphatic carbocycles. The number of benzene rings is 1. The zero-order chi connectivity index (χ0) is 14.7. The summed E-state index contributed by atoms with van der Waals surface area (Å²) in [6.07, 6.45) is 0. The van der Waals surface area contributed by atoms with Crippen molar-refractivity contribution in [2.45, 2.75) is 23.5 Å². The molecule has 20 heavy (non-hydrogen) atoms. The molecule has 0 saturated heterocycles. The van der Waals surface area contributed by atoms with Crippen LogP contribution in [-0.2, 0) is 6.54 Å². The Morgan fingerprint density at radius 3 is 3.05 bits per heavy atom. The summed E-state index contributed by atoms with van der Waals surface area (Å²) in [6.45, 7) is 2.33. The van der Waals surface area contributed by atoms with Crippen LogP contribution in [0.25, 0.3) is 0 Å². The van der Waals surface area contributed by atoms with Crippen LogP contribution in [0.5, 0.6) is 0 Å². The van der Waals surface area contributed by atoms with Gasteiger partial charge in [-0.15, -0.1) is 5.10 Å². The Balaban J connectivity index is 2.46. The summed E-state index contributed by atoms with van der Waals surface area (Å²) in [5.41, 5.74) is 5.82. The number of oxime groups is 1. The lowest BCUT2D eigenvalue weighted by Crippen LogP contribution is -2.16. The highest BCUT2D eigenvalue weighted by atomic mass is 35.5. The maximum absolute atomic E-state index is 11.5. The number of nitrogens with one attached hydrogen (secondary N) is 1. The van der Waals surface area contributed by atoms with Crippen LogP contribution in [0.1, 0.15) is 12.5 Å². The lowest BCUT2D eigenvalue weighted by molar-refractivity contribution is 0.318. The predicted octanol–water partition coefficient (Wildman–Crippen LogP) is 1.49. The molecule has 0 spiro atoms. The number of aromatic amines is 1. The number of H-pyrrole nitrogens is 1. The van der Waals surface area contributed by atoms with Gasteiger partial charge < -0.3 is 10.9 Å². The van der Waals surface area contributed by atoms with E-state index in [1.54, 1.807) is 18.2 Å². The van der Waals surface area contributed by atoms with Gasteiger partial charge in [-0.05, 0) is 36.9 Å². The molecule has 0 amide bonds. The summed E-state index contributed by atoms with van der Waals surface area (Å²) in [4.78, 5) is 12.2. The van der Waals surface area contributed by atoms with E-state index in [1.165, 1.54) is 16.3 Å². The van der Waals surface area contributed by atoms with Gasteiger partial charge in [-0.25, -0.2) is 9.89 Å². The van der Waals surface area contributed by atoms with E-state index in [1.807, 2.05) is 6.92 Å². The normalized spacial score (nSPS) is 11.8. The second-order valence-electron chi connectivity index (χ2n) is 3.78. The summed E-state index contributed by atoms with van der Waals surface area (Å²) in [6, 6.07) is 4.98. The summed E-state index contributed by atoms with van der Waals surface area (Å²) >= 11 is 7.13. The smallest absolute Gasteiger partial charge is 0.343 e. The first-order chi connectivity index (χ1) is 9.56. The fourth-order valence-electron chi connectivity index (χ4n) is 1.60. The number of nitrogens with zero attached hydrogens (tertiary/aromatic N) is 3. The van der Waals surface area contributed by atoms with Crippen molar-refractivity contribution in [2.75, 3.05) is 0 Å². The Kier molecular flexibility index (Phi) is 4.35. The maximum atomic E-state index is 11.5. The molecule has 0 bridgehead atoms. The summed E-state index contributed by atoms with van der Waals surface area (Å²) in [7, 11) is 0. The van der Waals surface area contributed by atoms with E-state index in [-0.39, 0.29) is 11.5 Å². The fourth-order valence-corrected chi connectivity index (χ4v) is 2.80. The van der Waals surface area contributed by atoms with Gasteiger partial charge in [0.25, 0.3) is 0 Å². The largest absolute Gasteiger partial charge is 0.409 e. The van der Waals surface area contributed by atoms with Gasteiger partial charge >= 0.3 is 5.69 Å². The summed E-state index contributed by atoms with van der Waals surface area (Å²) < 4.78 is 1.48. The lowest BCUT2D eigenvalue weighted by Gasteiger charge is -2.08. The van der Waals surface area contributed by atoms with Crippen molar-refractivity contribution >= 4 is 29.2 Å². The van der Waals surface area contributed by atoms with Crippen molar-refractivity contribution < 1.29 is 5.21 Å². The van der Waals surface area contributed by atoms with Gasteiger partial charge in [0.05, 0.1) is 0 Å². The van der Waals surface area contributed by atoms with Crippen molar-refractivity contribution in [1.29, 1.82) is 0 Å². The Morgan fingerprint density at radius 1 is 1.65 bits per heavy atom. The highest BCUT2D eigenvalue weighted by Crippen LogP contribution is 2.30. The second kappa shape index (κ2) is 6.02. The number of nitrogens with two attached hydrogens (primary N) is 1. The molecule has 4 N–H and O–H groups in total. The molecule has 0 aliphatic heterocycles. The molecular formula is C11H12ClN5O2S. The Bertz CT molecular complexity index is 709. The van der Waals surface area contributed by atoms with Crippen molar-refractivity contribution in [3.8, 4) is 0 Å². The fraction of sp³-hybridized carbons (Fsp3) is 0.182. The van der Waals surface area contributed by atoms with E-state index in [4.69, 9.17) is 22.5 Å². The molecule has 1 aromatic heterocycles. The SMILES string of the molecule is CCn1c(Sc2ccc(Cl)cc2C(N)=NO)n[nH]c1=O. The van der Waals surface area contributed by atoms with Crippen molar-refractivity contribution in [1.82, 2.24) is 14.8 Å². The first-order valence-corrected chi connectivity index (χ1v) is 6.86. The van der Waals surface area contributed by atoms with Gasteiger partial charge in [-0.2, -0.15) is 0 Å². The molecule has 2 aromatic rings. The average Bonchev–Trinajstić information content (AvgIpc) is 2.80. The van der Waals surface area contributed by atoms with Crippen LogP contribution < -0.4 is 11.4 Å². The maximum Gasteiger partial charge on any atom is 0.343 e. The topological polar surface area (TPSA) is 109 Å². The van der Waals surface area contributed by atoms with Crippen LogP contribution in [0.2, 0.25) is 5.02 Å². The standard InChI is InChI=1S/C11H12ClN5O2S/c1-2-17-10(18)14-15-11(17)20-8-4-3-6(12)5-7(8)9(13)16-19/h3-5,19H,2H2,1H3,(H2,13,16)(H,14,18). The molecule has 1 aromatic carbocycles. The van der Waals surface area contributed by atoms with E-state index >= 15 is 0 Å². The molecule has 106 valence electrons. The Morgan fingerprint density at radius 2 is 2.40 bits per heavy atom. The lowest BCUT2D eigenvalue weighted by atomic mass is 10.2. The molecule has 0 aliphatic rings. The monoisotopic (exact) mass is 313 g/mol. The van der Waals surface area contributed by atoms with Crippen LogP contribution in [0.15, 0.2) is 38.2 Å². The van der Waals surface area contributed by atoms with Crippen LogP contribution in [0, 0.1) is 0 Å². The Hall–Kier alpha value is -1.93. The molecular weight excluding hydrogens is 302 g/mol. The van der Waals surface area contributed by atoms with Gasteiger partial charge in [-0.3, -0.25) is 4.57 Å². The minimum Gasteiger partial charge on any atom is -0.409 e. The number of rotatable bonds is 4. The zero-order valence-corrected chi connectivity index (χ0v) is 12.1. The van der Waals surface area contributed by atoms with Gasteiger partial charge in [0, 0.05) is 22.0 Å². The van der Waals surface area contributed by atoms with Crippen LogP contribution in [-0.4, -0.2) is 25.8 Å². The van der Waals surface area contributed by atoms with E-state index in [0.717, 1.165) is 0 Å².